The number of aryl methyl sites for hydroxylation is 1. The first-order chi connectivity index (χ1) is 15.5. The quantitative estimate of drug-likeness (QED) is 0.327. The second-order valence-corrected chi connectivity index (χ2v) is 7.12. The molecule has 0 bridgehead atoms. The van der Waals surface area contributed by atoms with E-state index in [1.165, 1.54) is 18.1 Å². The molecule has 0 aliphatic rings. The Kier molecular flexibility index (Phi) is 5.80. The SMILES string of the molecule is COC(=O)c1ccc(-n2c(C)cc(C(=O)COc3cccc(-n4cnnn4)c3)c2C)cc1. The number of hydrogen-bond donors (Lipinski definition) is 0. The molecular weight excluding hydrogens is 410 g/mol. The highest BCUT2D eigenvalue weighted by atomic mass is 16.5. The van der Waals surface area contributed by atoms with Crippen LogP contribution >= 0.6 is 0 Å². The molecule has 32 heavy (non-hydrogen) atoms. The van der Waals surface area contributed by atoms with Gasteiger partial charge in [0.05, 0.1) is 18.4 Å². The van der Waals surface area contributed by atoms with Gasteiger partial charge in [-0.2, -0.15) is 0 Å². The van der Waals surface area contributed by atoms with Crippen molar-refractivity contribution in [2.24, 2.45) is 0 Å². The first-order valence-electron chi connectivity index (χ1n) is 9.85. The largest absolute Gasteiger partial charge is 0.485 e. The summed E-state index contributed by atoms with van der Waals surface area (Å²) >= 11 is 0. The van der Waals surface area contributed by atoms with Gasteiger partial charge >= 0.3 is 5.97 Å². The fourth-order valence-corrected chi connectivity index (χ4v) is 3.53. The Bertz CT molecular complexity index is 1260. The number of Topliss-reactive ketones (excluding diaryl/α,β-unsaturated/α-hetero) is 1. The normalized spacial score (nSPS) is 10.7. The lowest BCUT2D eigenvalue weighted by molar-refractivity contribution is 0.0600. The Morgan fingerprint density at radius 2 is 1.78 bits per heavy atom. The zero-order chi connectivity index (χ0) is 22.7. The molecule has 4 rings (SSSR count). The third-order valence-corrected chi connectivity index (χ3v) is 5.08. The zero-order valence-corrected chi connectivity index (χ0v) is 17.8. The van der Waals surface area contributed by atoms with Gasteiger partial charge in [0.15, 0.2) is 6.61 Å². The van der Waals surface area contributed by atoms with Crippen LogP contribution in [0.4, 0.5) is 0 Å². The van der Waals surface area contributed by atoms with Crippen LogP contribution in [0.2, 0.25) is 0 Å². The Morgan fingerprint density at radius 3 is 2.47 bits per heavy atom. The first kappa shape index (κ1) is 21.0. The van der Waals surface area contributed by atoms with E-state index in [1.807, 2.05) is 42.7 Å². The summed E-state index contributed by atoms with van der Waals surface area (Å²) in [6.45, 7) is 3.70. The van der Waals surface area contributed by atoms with Crippen LogP contribution in [-0.2, 0) is 4.74 Å². The highest BCUT2D eigenvalue weighted by Crippen LogP contribution is 2.23. The molecule has 0 radical (unpaired) electrons. The van der Waals surface area contributed by atoms with Crippen molar-refractivity contribution in [3.05, 3.63) is 83.4 Å². The molecule has 9 heteroatoms. The van der Waals surface area contributed by atoms with Gasteiger partial charge in [0.2, 0.25) is 5.78 Å². The van der Waals surface area contributed by atoms with E-state index in [2.05, 4.69) is 15.5 Å². The van der Waals surface area contributed by atoms with Gasteiger partial charge in [-0.25, -0.2) is 9.48 Å². The summed E-state index contributed by atoms with van der Waals surface area (Å²) in [6.07, 6.45) is 1.48. The molecule has 0 unspecified atom stereocenters. The number of carbonyl (C=O) groups is 2. The highest BCUT2D eigenvalue weighted by Gasteiger charge is 2.18. The van der Waals surface area contributed by atoms with Crippen LogP contribution in [-0.4, -0.2) is 50.2 Å². The fraction of sp³-hybridized carbons (Fsp3) is 0.174. The van der Waals surface area contributed by atoms with Gasteiger partial charge in [0.25, 0.3) is 0 Å². The molecule has 0 spiro atoms. The van der Waals surface area contributed by atoms with Gasteiger partial charge in [0, 0.05) is 28.7 Å². The maximum atomic E-state index is 12.9. The standard InChI is InChI=1S/C23H21N5O4/c1-15-11-21(16(2)28(15)18-9-7-17(8-10-18)23(30)31-3)22(29)13-32-20-6-4-5-19(12-20)27-14-24-25-26-27/h4-12,14H,13H2,1-3H3. The number of nitrogens with zero attached hydrogens (tertiary/aromatic N) is 5. The average Bonchev–Trinajstić information content (AvgIpc) is 3.45. The number of ether oxygens (including phenoxy) is 2. The number of esters is 1. The van der Waals surface area contributed by atoms with E-state index >= 15 is 0 Å². The number of benzene rings is 2. The van der Waals surface area contributed by atoms with E-state index in [0.717, 1.165) is 22.8 Å². The van der Waals surface area contributed by atoms with Gasteiger partial charge < -0.3 is 14.0 Å². The molecule has 9 nitrogen and oxygen atoms in total. The minimum atomic E-state index is -0.394. The average molecular weight is 431 g/mol. The van der Waals surface area contributed by atoms with E-state index in [9.17, 15) is 9.59 Å². The highest BCUT2D eigenvalue weighted by molar-refractivity contribution is 5.99. The van der Waals surface area contributed by atoms with Gasteiger partial charge in [-0.05, 0) is 66.7 Å². The van der Waals surface area contributed by atoms with E-state index in [0.29, 0.717) is 16.9 Å². The van der Waals surface area contributed by atoms with Crippen molar-refractivity contribution in [1.82, 2.24) is 24.8 Å². The second kappa shape index (κ2) is 8.84. The van der Waals surface area contributed by atoms with Crippen LogP contribution in [0.15, 0.2) is 60.9 Å². The van der Waals surface area contributed by atoms with Gasteiger partial charge in [-0.15, -0.1) is 5.10 Å². The third kappa shape index (κ3) is 4.13. The molecule has 162 valence electrons. The van der Waals surface area contributed by atoms with Crippen LogP contribution < -0.4 is 4.74 Å². The Labute approximate surface area is 184 Å². The van der Waals surface area contributed by atoms with Crippen LogP contribution in [0.5, 0.6) is 5.75 Å². The molecule has 0 aliphatic heterocycles. The molecule has 0 aliphatic carbocycles. The second-order valence-electron chi connectivity index (χ2n) is 7.12. The van der Waals surface area contributed by atoms with Crippen LogP contribution in [0.25, 0.3) is 11.4 Å². The molecule has 4 aromatic rings. The third-order valence-electron chi connectivity index (χ3n) is 5.08. The zero-order valence-electron chi connectivity index (χ0n) is 17.8. The van der Waals surface area contributed by atoms with Crippen molar-refractivity contribution in [1.29, 1.82) is 0 Å². The molecule has 0 fully saturated rings. The van der Waals surface area contributed by atoms with Crippen LogP contribution in [0, 0.1) is 13.8 Å². The van der Waals surface area contributed by atoms with E-state index < -0.39 is 5.97 Å². The van der Waals surface area contributed by atoms with Crippen molar-refractivity contribution >= 4 is 11.8 Å². The molecule has 0 N–H and O–H groups in total. The number of aromatic nitrogens is 5. The maximum Gasteiger partial charge on any atom is 0.337 e. The summed E-state index contributed by atoms with van der Waals surface area (Å²) in [5.41, 5.74) is 4.32. The van der Waals surface area contributed by atoms with Crippen LogP contribution in [0.3, 0.4) is 0 Å². The summed E-state index contributed by atoms with van der Waals surface area (Å²) in [6, 6.07) is 16.0. The molecule has 0 saturated heterocycles. The number of tetrazole rings is 1. The summed E-state index contributed by atoms with van der Waals surface area (Å²) in [4.78, 5) is 24.6. The lowest BCUT2D eigenvalue weighted by atomic mass is 10.1. The van der Waals surface area contributed by atoms with E-state index in [1.54, 1.807) is 30.3 Å². The Morgan fingerprint density at radius 1 is 1.00 bits per heavy atom. The predicted molar refractivity (Wildman–Crippen MR) is 116 cm³/mol. The van der Waals surface area contributed by atoms with Crippen molar-refractivity contribution in [3.63, 3.8) is 0 Å². The number of ketones is 1. The minimum absolute atomic E-state index is 0.107. The molecule has 2 aromatic heterocycles. The monoisotopic (exact) mass is 431 g/mol. The summed E-state index contributed by atoms with van der Waals surface area (Å²) in [5, 5.41) is 11.1. The van der Waals surface area contributed by atoms with Crippen molar-refractivity contribution in [2.45, 2.75) is 13.8 Å². The van der Waals surface area contributed by atoms with Gasteiger partial charge in [-0.3, -0.25) is 4.79 Å². The molecule has 2 aromatic carbocycles. The topological polar surface area (TPSA) is 101 Å². The summed E-state index contributed by atoms with van der Waals surface area (Å²) in [5.74, 6) is 0.0107. The maximum absolute atomic E-state index is 12.9. The lowest BCUT2D eigenvalue weighted by Gasteiger charge is -2.11. The molecule has 0 amide bonds. The smallest absolute Gasteiger partial charge is 0.337 e. The molecule has 2 heterocycles. The van der Waals surface area contributed by atoms with Gasteiger partial charge in [-0.1, -0.05) is 6.07 Å². The number of hydrogen-bond acceptors (Lipinski definition) is 7. The van der Waals surface area contributed by atoms with Crippen molar-refractivity contribution in [3.8, 4) is 17.1 Å². The summed E-state index contributed by atoms with van der Waals surface area (Å²) < 4.78 is 13.9. The van der Waals surface area contributed by atoms with Crippen LogP contribution in [0.1, 0.15) is 32.1 Å². The number of rotatable bonds is 7. The van der Waals surface area contributed by atoms with Crippen molar-refractivity contribution < 1.29 is 19.1 Å². The number of methoxy groups -OCH3 is 1. The first-order valence-corrected chi connectivity index (χ1v) is 9.85. The minimum Gasteiger partial charge on any atom is -0.485 e. The molecule has 0 atom stereocenters. The fourth-order valence-electron chi connectivity index (χ4n) is 3.53. The predicted octanol–water partition coefficient (Wildman–Crippen LogP) is 3.12. The van der Waals surface area contributed by atoms with Gasteiger partial charge in [0.1, 0.15) is 12.1 Å². The Balaban J connectivity index is 1.51. The molecular formula is C23H21N5O4. The Hall–Kier alpha value is -4.27. The van der Waals surface area contributed by atoms with E-state index in [4.69, 9.17) is 9.47 Å². The lowest BCUT2D eigenvalue weighted by Crippen LogP contribution is -2.13. The molecule has 0 saturated carbocycles. The van der Waals surface area contributed by atoms with Crippen molar-refractivity contribution in [2.75, 3.05) is 13.7 Å². The number of carbonyl (C=O) groups excluding carboxylic acids is 2. The van der Waals surface area contributed by atoms with E-state index in [-0.39, 0.29) is 12.4 Å². The summed E-state index contributed by atoms with van der Waals surface area (Å²) in [7, 11) is 1.35.